The highest BCUT2D eigenvalue weighted by Gasteiger charge is 2.29. The fraction of sp³-hybridized carbons (Fsp3) is 0.519. The molecule has 1 aromatic carbocycles. The highest BCUT2D eigenvalue weighted by molar-refractivity contribution is 7.99. The van der Waals surface area contributed by atoms with Crippen molar-refractivity contribution in [3.63, 3.8) is 0 Å². The van der Waals surface area contributed by atoms with Crippen LogP contribution in [0, 0.1) is 22.7 Å². The number of nitriles is 2. The first-order chi connectivity index (χ1) is 17.2. The van der Waals surface area contributed by atoms with Gasteiger partial charge in [0.1, 0.15) is 29.2 Å². The van der Waals surface area contributed by atoms with Gasteiger partial charge >= 0.3 is 0 Å². The zero-order chi connectivity index (χ0) is 26.3. The zero-order valence-corrected chi connectivity index (χ0v) is 22.3. The molecule has 36 heavy (non-hydrogen) atoms. The first-order valence-electron chi connectivity index (χ1n) is 12.3. The van der Waals surface area contributed by atoms with E-state index in [0.29, 0.717) is 40.0 Å². The molecule has 3 rings (SSSR count). The normalized spacial score (nSPS) is 16.3. The molecule has 4 N–H and O–H groups in total. The smallest absolute Gasteiger partial charge is 0.148 e. The van der Waals surface area contributed by atoms with E-state index in [2.05, 4.69) is 36.2 Å². The van der Waals surface area contributed by atoms with Gasteiger partial charge in [0, 0.05) is 32.8 Å². The molecule has 1 saturated heterocycles. The number of nitrogens with one attached hydrogen (secondary N) is 1. The van der Waals surface area contributed by atoms with Gasteiger partial charge in [-0.25, -0.2) is 4.98 Å². The van der Waals surface area contributed by atoms with Crippen LogP contribution in [0.4, 0.5) is 5.82 Å². The van der Waals surface area contributed by atoms with Crippen LogP contribution in [0.1, 0.15) is 61.1 Å². The number of thioether (sulfide) groups is 1. The van der Waals surface area contributed by atoms with Gasteiger partial charge in [0.15, 0.2) is 0 Å². The van der Waals surface area contributed by atoms with Crippen LogP contribution in [0.15, 0.2) is 35.4 Å². The zero-order valence-electron chi connectivity index (χ0n) is 21.5. The number of benzene rings is 1. The lowest BCUT2D eigenvalue weighted by molar-refractivity contribution is 0.0204. The number of methoxy groups -OCH3 is 1. The third-order valence-corrected chi connectivity index (χ3v) is 7.99. The fourth-order valence-corrected chi connectivity index (χ4v) is 5.45. The maximum absolute atomic E-state index is 10.4. The van der Waals surface area contributed by atoms with Crippen LogP contribution in [-0.2, 0) is 11.2 Å². The van der Waals surface area contributed by atoms with Crippen LogP contribution in [0.2, 0.25) is 0 Å². The number of nitrogens with two attached hydrogens (primary N) is 1. The Labute approximate surface area is 218 Å². The van der Waals surface area contributed by atoms with Crippen LogP contribution in [0.5, 0.6) is 0 Å². The molecule has 0 aliphatic carbocycles. The number of rotatable bonds is 10. The number of aliphatic hydroxyl groups is 1. The lowest BCUT2D eigenvalue weighted by Crippen LogP contribution is -2.47. The van der Waals surface area contributed by atoms with Crippen LogP contribution in [-0.4, -0.2) is 54.7 Å². The largest absolute Gasteiger partial charge is 0.377 e. The van der Waals surface area contributed by atoms with Gasteiger partial charge in [-0.3, -0.25) is 0 Å². The lowest BCUT2D eigenvalue weighted by atomic mass is 9.99. The summed E-state index contributed by atoms with van der Waals surface area (Å²) in [6.45, 7) is 8.30. The van der Waals surface area contributed by atoms with Gasteiger partial charge in [-0.05, 0) is 44.2 Å². The highest BCUT2D eigenvalue weighted by atomic mass is 32.2. The lowest BCUT2D eigenvalue weighted by Gasteiger charge is -2.36. The highest BCUT2D eigenvalue weighted by Crippen LogP contribution is 2.40. The molecule has 2 atom stereocenters. The summed E-state index contributed by atoms with van der Waals surface area (Å²) in [7, 11) is 1.72. The van der Waals surface area contributed by atoms with E-state index in [1.807, 2.05) is 37.3 Å². The predicted molar refractivity (Wildman–Crippen MR) is 143 cm³/mol. The third kappa shape index (κ3) is 6.56. The van der Waals surface area contributed by atoms with Gasteiger partial charge in [-0.1, -0.05) is 49.0 Å². The molecule has 0 bridgehead atoms. The Morgan fingerprint density at radius 3 is 2.39 bits per heavy atom. The number of ether oxygens (including phenoxy) is 1. The standard InChI is InChI=1S/C27H36N6O2S/c1-5-20-21(15-28)25(33-13-11-19(12-14-33)31-17-27(2,3)35-4)32-26(22(20)16-29)36-23(24(30)34)18-9-7-6-8-10-18/h6-10,19,23-24,31,34H,5,11-14,17,30H2,1-4H3. The van der Waals surface area contributed by atoms with Crippen molar-refractivity contribution in [2.45, 2.75) is 68.2 Å². The molecule has 1 aliphatic heterocycles. The Balaban J connectivity index is 1.91. The van der Waals surface area contributed by atoms with Crippen molar-refractivity contribution in [1.82, 2.24) is 10.3 Å². The average Bonchev–Trinajstić information content (AvgIpc) is 2.90. The van der Waals surface area contributed by atoms with Crippen LogP contribution in [0.25, 0.3) is 0 Å². The summed E-state index contributed by atoms with van der Waals surface area (Å²) in [6.07, 6.45) is 1.20. The molecule has 8 nitrogen and oxygen atoms in total. The Hall–Kier alpha value is -2.66. The van der Waals surface area contributed by atoms with Gasteiger partial charge in [-0.15, -0.1) is 0 Å². The van der Waals surface area contributed by atoms with E-state index >= 15 is 0 Å². The number of hydrogen-bond acceptors (Lipinski definition) is 9. The first-order valence-corrected chi connectivity index (χ1v) is 13.2. The number of piperidine rings is 1. The maximum Gasteiger partial charge on any atom is 0.148 e. The summed E-state index contributed by atoms with van der Waals surface area (Å²) in [6, 6.07) is 14.4. The monoisotopic (exact) mass is 508 g/mol. The number of hydrogen-bond donors (Lipinski definition) is 3. The molecule has 0 spiro atoms. The van der Waals surface area contributed by atoms with Crippen LogP contribution >= 0.6 is 11.8 Å². The van der Waals surface area contributed by atoms with E-state index < -0.39 is 11.5 Å². The molecule has 2 heterocycles. The number of anilines is 1. The second-order valence-electron chi connectivity index (χ2n) is 9.59. The Bertz CT molecular complexity index is 1100. The minimum Gasteiger partial charge on any atom is -0.377 e. The number of pyridine rings is 1. The van der Waals surface area contributed by atoms with Crippen LogP contribution in [0.3, 0.4) is 0 Å². The second kappa shape index (κ2) is 12.5. The topological polar surface area (TPSA) is 131 Å². The van der Waals surface area contributed by atoms with Crippen molar-refractivity contribution < 1.29 is 9.84 Å². The number of aliphatic hydroxyl groups excluding tert-OH is 1. The third-order valence-electron chi connectivity index (χ3n) is 6.67. The van der Waals surface area contributed by atoms with Crippen molar-refractivity contribution in [3.8, 4) is 12.1 Å². The Kier molecular flexibility index (Phi) is 9.72. The summed E-state index contributed by atoms with van der Waals surface area (Å²) in [4.78, 5) is 6.99. The quantitative estimate of drug-likeness (QED) is 0.326. The van der Waals surface area contributed by atoms with Crippen molar-refractivity contribution >= 4 is 17.6 Å². The molecule has 2 unspecified atom stereocenters. The van der Waals surface area contributed by atoms with Crippen molar-refractivity contribution in [2.75, 3.05) is 31.6 Å². The molecule has 0 amide bonds. The van der Waals surface area contributed by atoms with Gasteiger partial charge in [0.2, 0.25) is 0 Å². The fourth-order valence-electron chi connectivity index (χ4n) is 4.35. The molecular formula is C27H36N6O2S. The molecule has 1 aliphatic rings. The summed E-state index contributed by atoms with van der Waals surface area (Å²) in [5.74, 6) is 0.602. The van der Waals surface area contributed by atoms with E-state index in [-0.39, 0.29) is 5.60 Å². The van der Waals surface area contributed by atoms with E-state index in [1.165, 1.54) is 11.8 Å². The Morgan fingerprint density at radius 2 is 1.86 bits per heavy atom. The van der Waals surface area contributed by atoms with Gasteiger partial charge in [0.05, 0.1) is 22.0 Å². The molecule has 9 heteroatoms. The summed E-state index contributed by atoms with van der Waals surface area (Å²) in [5, 5.41) is 34.0. The SMILES string of the molecule is CCc1c(C#N)c(SC(c2ccccc2)C(N)O)nc(N2CCC(NCC(C)(C)OC)CC2)c1C#N. The summed E-state index contributed by atoms with van der Waals surface area (Å²) >= 11 is 1.27. The van der Waals surface area contributed by atoms with E-state index in [9.17, 15) is 15.6 Å². The molecule has 2 aromatic rings. The van der Waals surface area contributed by atoms with Crippen LogP contribution < -0.4 is 16.0 Å². The van der Waals surface area contributed by atoms with E-state index in [4.69, 9.17) is 15.5 Å². The average molecular weight is 509 g/mol. The van der Waals surface area contributed by atoms with E-state index in [0.717, 1.165) is 38.0 Å². The van der Waals surface area contributed by atoms with Gasteiger partial charge < -0.3 is 25.8 Å². The predicted octanol–water partition coefficient (Wildman–Crippen LogP) is 3.48. The molecule has 1 aromatic heterocycles. The molecular weight excluding hydrogens is 472 g/mol. The maximum atomic E-state index is 10.4. The van der Waals surface area contributed by atoms with Gasteiger partial charge in [0.25, 0.3) is 0 Å². The molecule has 0 saturated carbocycles. The van der Waals surface area contributed by atoms with Gasteiger partial charge in [-0.2, -0.15) is 10.5 Å². The Morgan fingerprint density at radius 1 is 1.22 bits per heavy atom. The van der Waals surface area contributed by atoms with Crippen molar-refractivity contribution in [3.05, 3.63) is 52.6 Å². The van der Waals surface area contributed by atoms with E-state index in [1.54, 1.807) is 7.11 Å². The molecule has 1 fully saturated rings. The number of aromatic nitrogens is 1. The molecule has 0 radical (unpaired) electrons. The van der Waals surface area contributed by atoms with Crippen molar-refractivity contribution in [1.29, 1.82) is 10.5 Å². The minimum absolute atomic E-state index is 0.231. The van der Waals surface area contributed by atoms with Crippen molar-refractivity contribution in [2.24, 2.45) is 5.73 Å². The summed E-state index contributed by atoms with van der Waals surface area (Å²) < 4.78 is 5.52. The second-order valence-corrected chi connectivity index (χ2v) is 10.7. The summed E-state index contributed by atoms with van der Waals surface area (Å²) in [5.41, 5.74) is 8.08. The molecule has 192 valence electrons. The minimum atomic E-state index is -1.15. The number of nitrogens with zero attached hydrogens (tertiary/aromatic N) is 4. The first kappa shape index (κ1) is 27.9.